The Morgan fingerprint density at radius 3 is 2.72 bits per heavy atom. The predicted molar refractivity (Wildman–Crippen MR) is 65.4 cm³/mol. The molecule has 0 radical (unpaired) electrons. The number of carboxylic acid groups (broad SMARTS) is 1. The van der Waals surface area contributed by atoms with Crippen molar-refractivity contribution >= 4 is 12.0 Å². The largest absolute Gasteiger partial charge is 0.481 e. The minimum Gasteiger partial charge on any atom is -0.481 e. The van der Waals surface area contributed by atoms with E-state index in [4.69, 9.17) is 9.84 Å². The van der Waals surface area contributed by atoms with Gasteiger partial charge in [-0.15, -0.1) is 0 Å². The molecular formula is C11H21N3O4. The molecular weight excluding hydrogens is 238 g/mol. The van der Waals surface area contributed by atoms with Crippen LogP contribution < -0.4 is 10.6 Å². The second-order valence-electron chi connectivity index (χ2n) is 4.65. The van der Waals surface area contributed by atoms with Gasteiger partial charge < -0.3 is 25.4 Å². The fourth-order valence-electron chi connectivity index (χ4n) is 1.76. The van der Waals surface area contributed by atoms with Crippen LogP contribution in [0, 0.1) is 5.92 Å². The lowest BCUT2D eigenvalue weighted by Crippen LogP contribution is -2.47. The third-order valence-corrected chi connectivity index (χ3v) is 2.78. The van der Waals surface area contributed by atoms with Gasteiger partial charge >= 0.3 is 12.0 Å². The molecule has 1 heterocycles. The standard InChI is InChI=1S/C11H21N3O4/c1-14(2)5-3-4-12-11(17)13-9-7-18-6-8(9)10(15)16/h8-9H,3-7H2,1-2H3,(H,15,16)(H2,12,13,17). The monoisotopic (exact) mass is 259 g/mol. The van der Waals surface area contributed by atoms with Crippen LogP contribution in [0.3, 0.4) is 0 Å². The number of hydrogen-bond donors (Lipinski definition) is 3. The van der Waals surface area contributed by atoms with E-state index in [0.717, 1.165) is 13.0 Å². The SMILES string of the molecule is CN(C)CCCNC(=O)NC1COCC1C(=O)O. The number of carboxylic acids is 1. The lowest BCUT2D eigenvalue weighted by molar-refractivity contribution is -0.142. The van der Waals surface area contributed by atoms with Crippen molar-refractivity contribution in [2.75, 3.05) is 40.4 Å². The highest BCUT2D eigenvalue weighted by atomic mass is 16.5. The van der Waals surface area contributed by atoms with Gasteiger partial charge in [0.15, 0.2) is 0 Å². The normalized spacial score (nSPS) is 23.1. The first-order valence-electron chi connectivity index (χ1n) is 6.00. The maximum Gasteiger partial charge on any atom is 0.315 e. The number of nitrogens with one attached hydrogen (secondary N) is 2. The molecule has 1 saturated heterocycles. The van der Waals surface area contributed by atoms with Crippen LogP contribution >= 0.6 is 0 Å². The molecule has 0 aliphatic carbocycles. The molecule has 1 fully saturated rings. The number of aliphatic carboxylic acids is 1. The van der Waals surface area contributed by atoms with Crippen molar-refractivity contribution in [1.82, 2.24) is 15.5 Å². The highest BCUT2D eigenvalue weighted by Gasteiger charge is 2.34. The molecule has 0 aromatic carbocycles. The summed E-state index contributed by atoms with van der Waals surface area (Å²) >= 11 is 0. The van der Waals surface area contributed by atoms with Gasteiger partial charge in [0.1, 0.15) is 5.92 Å². The fraction of sp³-hybridized carbons (Fsp3) is 0.818. The lowest BCUT2D eigenvalue weighted by atomic mass is 10.0. The molecule has 1 aliphatic heterocycles. The Hall–Kier alpha value is -1.34. The summed E-state index contributed by atoms with van der Waals surface area (Å²) < 4.78 is 5.06. The van der Waals surface area contributed by atoms with Crippen LogP contribution in [-0.2, 0) is 9.53 Å². The van der Waals surface area contributed by atoms with E-state index in [9.17, 15) is 9.59 Å². The van der Waals surface area contributed by atoms with E-state index in [2.05, 4.69) is 10.6 Å². The molecule has 7 heteroatoms. The first-order valence-corrected chi connectivity index (χ1v) is 6.00. The van der Waals surface area contributed by atoms with Gasteiger partial charge in [0, 0.05) is 6.54 Å². The maximum absolute atomic E-state index is 11.5. The van der Waals surface area contributed by atoms with Crippen LogP contribution in [0.1, 0.15) is 6.42 Å². The van der Waals surface area contributed by atoms with Gasteiger partial charge in [0.2, 0.25) is 0 Å². The average molecular weight is 259 g/mol. The molecule has 0 aromatic rings. The summed E-state index contributed by atoms with van der Waals surface area (Å²) in [5.41, 5.74) is 0. The van der Waals surface area contributed by atoms with Crippen molar-refractivity contribution in [1.29, 1.82) is 0 Å². The zero-order chi connectivity index (χ0) is 13.5. The van der Waals surface area contributed by atoms with E-state index in [1.54, 1.807) is 0 Å². The van der Waals surface area contributed by atoms with E-state index in [1.807, 2.05) is 19.0 Å². The number of rotatable bonds is 6. The van der Waals surface area contributed by atoms with E-state index in [-0.39, 0.29) is 19.2 Å². The Kier molecular flexibility index (Phi) is 5.87. The number of carbonyl (C=O) groups excluding carboxylic acids is 1. The Balaban J connectivity index is 2.21. The quantitative estimate of drug-likeness (QED) is 0.551. The summed E-state index contributed by atoms with van der Waals surface area (Å²) in [7, 11) is 3.93. The smallest absolute Gasteiger partial charge is 0.315 e. The van der Waals surface area contributed by atoms with Gasteiger partial charge in [0.05, 0.1) is 19.3 Å². The van der Waals surface area contributed by atoms with Gasteiger partial charge in [-0.2, -0.15) is 0 Å². The number of nitrogens with zero attached hydrogens (tertiary/aromatic N) is 1. The highest BCUT2D eigenvalue weighted by molar-refractivity contribution is 5.77. The third kappa shape index (κ3) is 4.89. The second kappa shape index (κ2) is 7.17. The number of urea groups is 1. The van der Waals surface area contributed by atoms with Crippen LogP contribution in [-0.4, -0.2) is 68.4 Å². The van der Waals surface area contributed by atoms with Gasteiger partial charge in [-0.05, 0) is 27.1 Å². The van der Waals surface area contributed by atoms with Crippen LogP contribution in [0.5, 0.6) is 0 Å². The van der Waals surface area contributed by atoms with Gasteiger partial charge in [0.25, 0.3) is 0 Å². The maximum atomic E-state index is 11.5. The Morgan fingerprint density at radius 2 is 2.11 bits per heavy atom. The van der Waals surface area contributed by atoms with E-state index in [1.165, 1.54) is 0 Å². The third-order valence-electron chi connectivity index (χ3n) is 2.78. The number of amides is 2. The highest BCUT2D eigenvalue weighted by Crippen LogP contribution is 2.13. The molecule has 2 atom stereocenters. The van der Waals surface area contributed by atoms with Crippen LogP contribution in [0.4, 0.5) is 4.79 Å². The summed E-state index contributed by atoms with van der Waals surface area (Å²) in [6.07, 6.45) is 0.851. The van der Waals surface area contributed by atoms with Crippen LogP contribution in [0.25, 0.3) is 0 Å². The molecule has 0 spiro atoms. The minimum absolute atomic E-state index is 0.154. The Labute approximate surface area is 106 Å². The number of carbonyl (C=O) groups is 2. The second-order valence-corrected chi connectivity index (χ2v) is 4.65. The van der Waals surface area contributed by atoms with Gasteiger partial charge in [-0.25, -0.2) is 4.79 Å². The molecule has 7 nitrogen and oxygen atoms in total. The lowest BCUT2D eigenvalue weighted by Gasteiger charge is -2.16. The first-order chi connectivity index (χ1) is 8.50. The van der Waals surface area contributed by atoms with Crippen LogP contribution in [0.2, 0.25) is 0 Å². The molecule has 18 heavy (non-hydrogen) atoms. The van der Waals surface area contributed by atoms with Gasteiger partial charge in [-0.3, -0.25) is 4.79 Å². The summed E-state index contributed by atoms with van der Waals surface area (Å²) in [6, 6.07) is -0.785. The Bertz CT molecular complexity index is 296. The van der Waals surface area contributed by atoms with E-state index >= 15 is 0 Å². The molecule has 0 aromatic heterocycles. The number of hydrogen-bond acceptors (Lipinski definition) is 4. The summed E-state index contributed by atoms with van der Waals surface area (Å²) in [6.45, 7) is 1.86. The Morgan fingerprint density at radius 1 is 1.39 bits per heavy atom. The topological polar surface area (TPSA) is 90.9 Å². The zero-order valence-electron chi connectivity index (χ0n) is 10.8. The summed E-state index contributed by atoms with van der Waals surface area (Å²) in [5.74, 6) is -1.59. The molecule has 1 aliphatic rings. The van der Waals surface area contributed by atoms with Crippen LogP contribution in [0.15, 0.2) is 0 Å². The summed E-state index contributed by atoms with van der Waals surface area (Å²) in [5, 5.41) is 14.2. The fourth-order valence-corrected chi connectivity index (χ4v) is 1.76. The molecule has 2 unspecified atom stereocenters. The molecule has 0 bridgehead atoms. The van der Waals surface area contributed by atoms with Crippen molar-refractivity contribution in [3.8, 4) is 0 Å². The molecule has 0 saturated carbocycles. The first kappa shape index (κ1) is 14.7. The van der Waals surface area contributed by atoms with Crippen molar-refractivity contribution < 1.29 is 19.4 Å². The van der Waals surface area contributed by atoms with Gasteiger partial charge in [-0.1, -0.05) is 0 Å². The number of ether oxygens (including phenoxy) is 1. The van der Waals surface area contributed by atoms with Crippen molar-refractivity contribution in [2.24, 2.45) is 5.92 Å². The minimum atomic E-state index is -0.939. The van der Waals surface area contributed by atoms with E-state index in [0.29, 0.717) is 6.54 Å². The summed E-state index contributed by atoms with van der Waals surface area (Å²) in [4.78, 5) is 24.4. The zero-order valence-corrected chi connectivity index (χ0v) is 10.8. The molecule has 104 valence electrons. The molecule has 1 rings (SSSR count). The van der Waals surface area contributed by atoms with Crippen molar-refractivity contribution in [3.63, 3.8) is 0 Å². The van der Waals surface area contributed by atoms with Crippen molar-refractivity contribution in [2.45, 2.75) is 12.5 Å². The average Bonchev–Trinajstić information content (AvgIpc) is 2.72. The predicted octanol–water partition coefficient (Wildman–Crippen LogP) is -0.663. The molecule has 3 N–H and O–H groups in total. The molecule has 2 amide bonds. The van der Waals surface area contributed by atoms with Crippen molar-refractivity contribution in [3.05, 3.63) is 0 Å². The van der Waals surface area contributed by atoms with E-state index < -0.39 is 17.9 Å².